The monoisotopic (exact) mass is 264 g/mol. The van der Waals surface area contributed by atoms with Gasteiger partial charge in [0.15, 0.2) is 0 Å². The number of Topliss-reactive ketones (excluding diaryl/α,β-unsaturated/α-hetero) is 1. The van der Waals surface area contributed by atoms with Crippen molar-refractivity contribution < 1.29 is 9.59 Å². The molecule has 4 heteroatoms. The minimum atomic E-state index is -0.540. The number of rotatable bonds is 1. The topological polar surface area (TPSA) is 49.4 Å². The molecule has 2 aromatic rings. The van der Waals surface area contributed by atoms with Gasteiger partial charge in [0, 0.05) is 18.8 Å². The number of hydrogen-bond acceptors (Lipinski definition) is 3. The molecule has 2 heterocycles. The first kappa shape index (κ1) is 11.2. The Balaban J connectivity index is 1.68. The quantitative estimate of drug-likeness (QED) is 0.804. The zero-order valence-electron chi connectivity index (χ0n) is 10.7. The zero-order valence-corrected chi connectivity index (χ0v) is 10.7. The van der Waals surface area contributed by atoms with Crippen molar-refractivity contribution >= 4 is 23.1 Å². The molecule has 98 valence electrons. The Hall–Kier alpha value is -2.62. The van der Waals surface area contributed by atoms with Gasteiger partial charge < -0.3 is 10.2 Å². The molecule has 20 heavy (non-hydrogen) atoms. The van der Waals surface area contributed by atoms with E-state index in [1.807, 2.05) is 24.3 Å². The highest BCUT2D eigenvalue weighted by Gasteiger charge is 2.29. The molecule has 1 N–H and O–H groups in total. The van der Waals surface area contributed by atoms with E-state index in [1.54, 1.807) is 6.07 Å². The van der Waals surface area contributed by atoms with Crippen LogP contribution in [-0.4, -0.2) is 11.7 Å². The third-order valence-electron chi connectivity index (χ3n) is 3.91. The Bertz CT molecular complexity index is 727. The third-order valence-corrected chi connectivity index (χ3v) is 3.91. The van der Waals surface area contributed by atoms with Crippen molar-refractivity contribution in [2.45, 2.75) is 13.1 Å². The molecule has 0 atom stereocenters. The fourth-order valence-electron chi connectivity index (χ4n) is 2.85. The molecule has 0 aliphatic carbocycles. The Kier molecular flexibility index (Phi) is 2.21. The van der Waals surface area contributed by atoms with Gasteiger partial charge in [0.2, 0.25) is 0 Å². The van der Waals surface area contributed by atoms with Crippen molar-refractivity contribution in [1.82, 2.24) is 0 Å². The molecule has 4 nitrogen and oxygen atoms in total. The highest BCUT2D eigenvalue weighted by Crippen LogP contribution is 2.32. The van der Waals surface area contributed by atoms with Gasteiger partial charge in [-0.05, 0) is 29.3 Å². The maximum absolute atomic E-state index is 11.6. The van der Waals surface area contributed by atoms with Gasteiger partial charge in [-0.2, -0.15) is 0 Å². The van der Waals surface area contributed by atoms with Gasteiger partial charge in [-0.3, -0.25) is 9.59 Å². The highest BCUT2D eigenvalue weighted by atomic mass is 16.2. The summed E-state index contributed by atoms with van der Waals surface area (Å²) in [5.74, 6) is -0.988. The number of hydrogen-bond donors (Lipinski definition) is 1. The summed E-state index contributed by atoms with van der Waals surface area (Å²) in [5.41, 5.74) is 4.76. The van der Waals surface area contributed by atoms with Gasteiger partial charge in [0.25, 0.3) is 11.7 Å². The van der Waals surface area contributed by atoms with Crippen LogP contribution < -0.4 is 10.2 Å². The summed E-state index contributed by atoms with van der Waals surface area (Å²) in [6, 6.07) is 13.9. The van der Waals surface area contributed by atoms with E-state index < -0.39 is 11.7 Å². The van der Waals surface area contributed by atoms with E-state index in [2.05, 4.69) is 22.3 Å². The van der Waals surface area contributed by atoms with E-state index >= 15 is 0 Å². The molecule has 0 unspecified atom stereocenters. The summed E-state index contributed by atoms with van der Waals surface area (Å²) < 4.78 is 0. The normalized spacial score (nSPS) is 16.1. The number of nitrogens with zero attached hydrogens (tertiary/aromatic N) is 1. The van der Waals surface area contributed by atoms with Crippen molar-refractivity contribution in [2.75, 3.05) is 10.2 Å². The number of benzene rings is 2. The van der Waals surface area contributed by atoms with Gasteiger partial charge in [-0.1, -0.05) is 24.3 Å². The average molecular weight is 264 g/mol. The number of anilines is 2. The van der Waals surface area contributed by atoms with Crippen LogP contribution in [0.4, 0.5) is 11.4 Å². The van der Waals surface area contributed by atoms with Crippen molar-refractivity contribution in [1.29, 1.82) is 0 Å². The number of ketones is 1. The van der Waals surface area contributed by atoms with Crippen molar-refractivity contribution in [3.63, 3.8) is 0 Å². The van der Waals surface area contributed by atoms with Crippen LogP contribution in [0.2, 0.25) is 0 Å². The Morgan fingerprint density at radius 2 is 1.65 bits per heavy atom. The lowest BCUT2D eigenvalue weighted by molar-refractivity contribution is -0.112. The first-order valence-corrected chi connectivity index (χ1v) is 6.54. The lowest BCUT2D eigenvalue weighted by Gasteiger charge is -2.18. The number of carbonyl (C=O) groups is 2. The predicted octanol–water partition coefficient (Wildman–Crippen LogP) is 2.34. The second-order valence-corrected chi connectivity index (χ2v) is 5.14. The molecule has 0 fully saturated rings. The average Bonchev–Trinajstić information content (AvgIpc) is 3.01. The van der Waals surface area contributed by atoms with Gasteiger partial charge in [-0.15, -0.1) is 0 Å². The van der Waals surface area contributed by atoms with Crippen LogP contribution in [0.15, 0.2) is 42.5 Å². The molecule has 0 saturated carbocycles. The number of fused-ring (bicyclic) bond motifs is 2. The summed E-state index contributed by atoms with van der Waals surface area (Å²) in [4.78, 5) is 25.2. The van der Waals surface area contributed by atoms with Crippen molar-refractivity contribution in [3.8, 4) is 0 Å². The molecule has 4 rings (SSSR count). The molecule has 2 aliphatic rings. The molecule has 1 amide bonds. The molecule has 0 aromatic heterocycles. The number of amides is 1. The SMILES string of the molecule is O=C1Nc2cc(N3Cc4ccccc4C3)ccc2C1=O. The van der Waals surface area contributed by atoms with E-state index in [0.29, 0.717) is 11.3 Å². The fraction of sp³-hybridized carbons (Fsp3) is 0.125. The third kappa shape index (κ3) is 1.54. The molecular formula is C16H12N2O2. The summed E-state index contributed by atoms with van der Waals surface area (Å²) in [6.45, 7) is 1.72. The second-order valence-electron chi connectivity index (χ2n) is 5.14. The van der Waals surface area contributed by atoms with E-state index in [1.165, 1.54) is 11.1 Å². The van der Waals surface area contributed by atoms with Gasteiger partial charge in [0.05, 0.1) is 11.3 Å². The molecule has 0 spiro atoms. The lowest BCUT2D eigenvalue weighted by atomic mass is 10.1. The highest BCUT2D eigenvalue weighted by molar-refractivity contribution is 6.51. The molecule has 2 aliphatic heterocycles. The van der Waals surface area contributed by atoms with Gasteiger partial charge >= 0.3 is 0 Å². The van der Waals surface area contributed by atoms with Gasteiger partial charge in [0.1, 0.15) is 0 Å². The Labute approximate surface area is 116 Å². The van der Waals surface area contributed by atoms with Crippen LogP contribution in [0.3, 0.4) is 0 Å². The molecule has 2 aromatic carbocycles. The van der Waals surface area contributed by atoms with Crippen molar-refractivity contribution in [2.24, 2.45) is 0 Å². The van der Waals surface area contributed by atoms with E-state index in [4.69, 9.17) is 0 Å². The Morgan fingerprint density at radius 3 is 2.35 bits per heavy atom. The van der Waals surface area contributed by atoms with Crippen molar-refractivity contribution in [3.05, 3.63) is 59.2 Å². The van der Waals surface area contributed by atoms with Crippen LogP contribution in [0.25, 0.3) is 0 Å². The first-order chi connectivity index (χ1) is 9.72. The van der Waals surface area contributed by atoms with Crippen LogP contribution in [0.5, 0.6) is 0 Å². The lowest BCUT2D eigenvalue weighted by Crippen LogP contribution is -2.14. The largest absolute Gasteiger partial charge is 0.363 e. The maximum atomic E-state index is 11.6. The van der Waals surface area contributed by atoms with Crippen LogP contribution in [0, 0.1) is 0 Å². The fourth-order valence-corrected chi connectivity index (χ4v) is 2.85. The van der Waals surface area contributed by atoms with E-state index in [9.17, 15) is 9.59 Å². The minimum absolute atomic E-state index is 0.448. The molecule has 0 radical (unpaired) electrons. The Morgan fingerprint density at radius 1 is 0.950 bits per heavy atom. The molecule has 0 saturated heterocycles. The first-order valence-electron chi connectivity index (χ1n) is 6.54. The van der Waals surface area contributed by atoms with Crippen LogP contribution >= 0.6 is 0 Å². The summed E-state index contributed by atoms with van der Waals surface area (Å²) in [7, 11) is 0. The van der Waals surface area contributed by atoms with Crippen LogP contribution in [0.1, 0.15) is 21.5 Å². The van der Waals surface area contributed by atoms with E-state index in [-0.39, 0.29) is 0 Å². The minimum Gasteiger partial charge on any atom is -0.363 e. The molecular weight excluding hydrogens is 252 g/mol. The summed E-state index contributed by atoms with van der Waals surface area (Å²) in [6.07, 6.45) is 0. The van der Waals surface area contributed by atoms with E-state index in [0.717, 1.165) is 18.8 Å². The van der Waals surface area contributed by atoms with Crippen LogP contribution in [-0.2, 0) is 17.9 Å². The number of carbonyl (C=O) groups excluding carboxylic acids is 2. The standard InChI is InChI=1S/C16H12N2O2/c19-15-13-6-5-12(7-14(13)17-16(15)20)18-8-10-3-1-2-4-11(10)9-18/h1-7H,8-9H2,(H,17,19,20). The maximum Gasteiger partial charge on any atom is 0.296 e. The summed E-state index contributed by atoms with van der Waals surface area (Å²) in [5, 5.41) is 2.62. The zero-order chi connectivity index (χ0) is 13.7. The second kappa shape index (κ2) is 3.93. The molecule has 0 bridgehead atoms. The smallest absolute Gasteiger partial charge is 0.296 e. The summed E-state index contributed by atoms with van der Waals surface area (Å²) >= 11 is 0. The van der Waals surface area contributed by atoms with Gasteiger partial charge in [-0.25, -0.2) is 0 Å². The number of nitrogens with one attached hydrogen (secondary N) is 1. The predicted molar refractivity (Wildman–Crippen MR) is 75.7 cm³/mol.